The van der Waals surface area contributed by atoms with Crippen molar-refractivity contribution < 1.29 is 19.1 Å². The molecule has 8 rings (SSSR count). The number of rotatable bonds is 4. The van der Waals surface area contributed by atoms with Gasteiger partial charge in [0.25, 0.3) is 5.91 Å². The number of ether oxygens (including phenoxy) is 1. The van der Waals surface area contributed by atoms with Crippen LogP contribution in [0, 0.1) is 11.8 Å². The van der Waals surface area contributed by atoms with Gasteiger partial charge in [-0.1, -0.05) is 48.5 Å². The largest absolute Gasteiger partial charge is 0.376 e. The number of benzene rings is 3. The molecular weight excluding hydrogens is 452 g/mol. The third-order valence-electron chi connectivity index (χ3n) is 8.35. The van der Waals surface area contributed by atoms with E-state index in [1.54, 1.807) is 24.3 Å². The lowest BCUT2D eigenvalue weighted by molar-refractivity contribution is -0.122. The molecule has 3 atom stereocenters. The van der Waals surface area contributed by atoms with E-state index in [0.717, 1.165) is 41.7 Å². The Hall–Kier alpha value is -3.77. The molecule has 3 aromatic rings. The lowest BCUT2D eigenvalue weighted by atomic mass is 9.55. The molecule has 0 spiro atoms. The minimum Gasteiger partial charge on any atom is -0.376 e. The molecule has 0 radical (unpaired) electrons. The van der Waals surface area contributed by atoms with E-state index >= 15 is 0 Å². The number of imide groups is 1. The van der Waals surface area contributed by atoms with Crippen molar-refractivity contribution in [3.8, 4) is 0 Å². The third-order valence-corrected chi connectivity index (χ3v) is 8.35. The molecule has 2 aliphatic heterocycles. The van der Waals surface area contributed by atoms with Gasteiger partial charge in [-0.15, -0.1) is 0 Å². The second-order valence-corrected chi connectivity index (χ2v) is 10.2. The van der Waals surface area contributed by atoms with Crippen molar-refractivity contribution in [1.82, 2.24) is 5.32 Å². The van der Waals surface area contributed by atoms with Crippen LogP contribution in [-0.4, -0.2) is 37.0 Å². The number of carbonyl (C=O) groups is 3. The molecule has 5 aliphatic rings. The summed E-state index contributed by atoms with van der Waals surface area (Å²) in [5.74, 6) is -1.58. The van der Waals surface area contributed by atoms with Crippen molar-refractivity contribution in [2.45, 2.75) is 30.8 Å². The topological polar surface area (TPSA) is 75.7 Å². The standard InChI is InChI=1S/C30H26N2O4/c33-28(31-16-19-6-5-15-36-19)17-11-13-18(14-12-17)32-29(34)26-24-20-7-1-2-8-21(20)25(27(26)30(32)35)23-10-4-3-9-22(23)24/h1-4,7-14,19,24-27H,5-6,15-16H2,(H,31,33)/t19-,24?,25?,26-,27+/m0/s1. The molecule has 180 valence electrons. The van der Waals surface area contributed by atoms with Crippen LogP contribution in [0.4, 0.5) is 5.69 Å². The van der Waals surface area contributed by atoms with Crippen molar-refractivity contribution in [3.63, 3.8) is 0 Å². The van der Waals surface area contributed by atoms with Gasteiger partial charge in [0.15, 0.2) is 0 Å². The molecule has 3 aliphatic carbocycles. The monoisotopic (exact) mass is 478 g/mol. The molecule has 6 heteroatoms. The summed E-state index contributed by atoms with van der Waals surface area (Å²) in [4.78, 5) is 41.6. The van der Waals surface area contributed by atoms with E-state index < -0.39 is 11.8 Å². The first-order valence-electron chi connectivity index (χ1n) is 12.7. The average Bonchev–Trinajstić information content (AvgIpc) is 3.54. The second kappa shape index (κ2) is 8.14. The lowest BCUT2D eigenvalue weighted by Crippen LogP contribution is -2.41. The molecule has 36 heavy (non-hydrogen) atoms. The van der Waals surface area contributed by atoms with E-state index in [2.05, 4.69) is 29.6 Å². The minimum absolute atomic E-state index is 0.0695. The van der Waals surface area contributed by atoms with Gasteiger partial charge in [-0.05, 0) is 59.4 Å². The molecule has 2 saturated heterocycles. The molecular formula is C30H26N2O4. The number of hydrogen-bond acceptors (Lipinski definition) is 4. The van der Waals surface area contributed by atoms with Gasteiger partial charge < -0.3 is 10.1 Å². The van der Waals surface area contributed by atoms with Crippen molar-refractivity contribution in [2.24, 2.45) is 11.8 Å². The molecule has 6 nitrogen and oxygen atoms in total. The van der Waals surface area contributed by atoms with Crippen LogP contribution in [0.5, 0.6) is 0 Å². The number of amides is 3. The first-order chi connectivity index (χ1) is 17.6. The van der Waals surface area contributed by atoms with E-state index in [0.29, 0.717) is 17.8 Å². The summed E-state index contributed by atoms with van der Waals surface area (Å²) in [6, 6.07) is 23.2. The summed E-state index contributed by atoms with van der Waals surface area (Å²) < 4.78 is 5.57. The predicted octanol–water partition coefficient (Wildman–Crippen LogP) is 3.99. The lowest BCUT2D eigenvalue weighted by Gasteiger charge is -2.45. The summed E-state index contributed by atoms with van der Waals surface area (Å²) in [5, 5.41) is 2.92. The molecule has 2 bridgehead atoms. The number of nitrogens with one attached hydrogen (secondary N) is 1. The Balaban J connectivity index is 1.19. The van der Waals surface area contributed by atoms with E-state index in [-0.39, 0.29) is 35.7 Å². The normalized spacial score (nSPS) is 27.6. The molecule has 0 unspecified atom stereocenters. The molecule has 1 N–H and O–H groups in total. The second-order valence-electron chi connectivity index (χ2n) is 10.2. The van der Waals surface area contributed by atoms with Crippen LogP contribution in [-0.2, 0) is 14.3 Å². The molecule has 3 amide bonds. The summed E-state index contributed by atoms with van der Waals surface area (Å²) >= 11 is 0. The fourth-order valence-electron chi connectivity index (χ4n) is 6.81. The number of carbonyl (C=O) groups excluding carboxylic acids is 3. The van der Waals surface area contributed by atoms with Gasteiger partial charge >= 0.3 is 0 Å². The van der Waals surface area contributed by atoms with Crippen LogP contribution in [0.3, 0.4) is 0 Å². The Bertz CT molecular complexity index is 1280. The summed E-state index contributed by atoms with van der Waals surface area (Å²) in [6.45, 7) is 1.23. The minimum atomic E-state index is -0.415. The van der Waals surface area contributed by atoms with Gasteiger partial charge in [0.05, 0.1) is 23.6 Å². The maximum atomic E-state index is 13.8. The maximum Gasteiger partial charge on any atom is 0.251 e. The van der Waals surface area contributed by atoms with E-state index in [9.17, 15) is 14.4 Å². The quantitative estimate of drug-likeness (QED) is 0.576. The zero-order valence-electron chi connectivity index (χ0n) is 19.7. The molecule has 2 heterocycles. The SMILES string of the molecule is O=C(NC[C@@H]1CCCO1)c1ccc(N2C(=O)[C@@H]3C4c5ccccc5C(c5ccccc54)[C@@H]3C2=O)cc1. The number of nitrogens with zero attached hydrogens (tertiary/aromatic N) is 1. The van der Waals surface area contributed by atoms with Gasteiger partial charge in [-0.3, -0.25) is 14.4 Å². The highest BCUT2D eigenvalue weighted by atomic mass is 16.5. The van der Waals surface area contributed by atoms with Crippen LogP contribution < -0.4 is 10.2 Å². The van der Waals surface area contributed by atoms with Gasteiger partial charge in [-0.2, -0.15) is 0 Å². The summed E-state index contributed by atoms with van der Waals surface area (Å²) in [7, 11) is 0. The van der Waals surface area contributed by atoms with Gasteiger partial charge in [-0.25, -0.2) is 4.90 Å². The third kappa shape index (κ3) is 3.04. The van der Waals surface area contributed by atoms with Gasteiger partial charge in [0.2, 0.25) is 11.8 Å². The Kier molecular flexibility index (Phi) is 4.86. The smallest absolute Gasteiger partial charge is 0.251 e. The zero-order chi connectivity index (χ0) is 24.4. The Morgan fingerprint density at radius 3 is 1.81 bits per heavy atom. The van der Waals surface area contributed by atoms with Gasteiger partial charge in [0, 0.05) is 30.6 Å². The predicted molar refractivity (Wildman–Crippen MR) is 134 cm³/mol. The van der Waals surface area contributed by atoms with Crippen LogP contribution in [0.25, 0.3) is 0 Å². The number of hydrogen-bond donors (Lipinski definition) is 1. The molecule has 0 saturated carbocycles. The van der Waals surface area contributed by atoms with Crippen LogP contribution in [0.15, 0.2) is 72.8 Å². The van der Waals surface area contributed by atoms with Crippen LogP contribution in [0.1, 0.15) is 57.3 Å². The zero-order valence-corrected chi connectivity index (χ0v) is 19.7. The molecule has 3 aromatic carbocycles. The summed E-state index contributed by atoms with van der Waals surface area (Å²) in [5.41, 5.74) is 5.63. The Labute approximate surface area is 209 Å². The average molecular weight is 479 g/mol. The van der Waals surface area contributed by atoms with E-state index in [4.69, 9.17) is 4.74 Å². The Morgan fingerprint density at radius 1 is 0.806 bits per heavy atom. The first-order valence-corrected chi connectivity index (χ1v) is 12.7. The highest BCUT2D eigenvalue weighted by Gasteiger charge is 2.61. The number of anilines is 1. The van der Waals surface area contributed by atoms with Crippen LogP contribution >= 0.6 is 0 Å². The Morgan fingerprint density at radius 2 is 1.33 bits per heavy atom. The fourth-order valence-corrected chi connectivity index (χ4v) is 6.81. The molecule has 0 aromatic heterocycles. The molecule has 2 fully saturated rings. The highest BCUT2D eigenvalue weighted by molar-refractivity contribution is 6.23. The van der Waals surface area contributed by atoms with E-state index in [1.807, 2.05) is 24.3 Å². The van der Waals surface area contributed by atoms with Gasteiger partial charge in [0.1, 0.15) is 0 Å². The fraction of sp³-hybridized carbons (Fsp3) is 0.300. The first kappa shape index (κ1) is 21.5. The maximum absolute atomic E-state index is 13.8. The van der Waals surface area contributed by atoms with Crippen LogP contribution in [0.2, 0.25) is 0 Å². The van der Waals surface area contributed by atoms with Crippen molar-refractivity contribution >= 4 is 23.4 Å². The van der Waals surface area contributed by atoms with Crippen molar-refractivity contribution in [1.29, 1.82) is 0 Å². The highest BCUT2D eigenvalue weighted by Crippen LogP contribution is 2.61. The van der Waals surface area contributed by atoms with E-state index in [1.165, 1.54) is 4.90 Å². The van der Waals surface area contributed by atoms with Crippen molar-refractivity contribution in [3.05, 3.63) is 101 Å². The summed E-state index contributed by atoms with van der Waals surface area (Å²) in [6.07, 6.45) is 2.05. The van der Waals surface area contributed by atoms with Crippen molar-refractivity contribution in [2.75, 3.05) is 18.1 Å².